The molecule has 0 aliphatic heterocycles. The van der Waals surface area contributed by atoms with Crippen LogP contribution in [0.25, 0.3) is 10.8 Å². The fraction of sp³-hybridized carbons (Fsp3) is 0.182. The molecule has 3 aromatic rings. The molecule has 0 unspecified atom stereocenters. The zero-order valence-electron chi connectivity index (χ0n) is 16.1. The molecule has 0 saturated carbocycles. The van der Waals surface area contributed by atoms with Crippen molar-refractivity contribution >= 4 is 28.4 Å². The molecule has 3 amide bonds. The topological polar surface area (TPSA) is 61.4 Å². The number of fused-ring (bicyclic) bond motifs is 1. The van der Waals surface area contributed by atoms with E-state index in [1.807, 2.05) is 36.4 Å². The quantitative estimate of drug-likeness (QED) is 0.668. The van der Waals surface area contributed by atoms with Gasteiger partial charge in [0.1, 0.15) is 18.2 Å². The van der Waals surface area contributed by atoms with Gasteiger partial charge in [0.15, 0.2) is 0 Å². The SMILES string of the molecule is C[C@H](NC(=O)N(C)CC(=O)Nc1cccc2ccccc12)c1ccc(F)cc1F. The lowest BCUT2D eigenvalue weighted by molar-refractivity contribution is -0.116. The molecule has 0 heterocycles. The Labute approximate surface area is 167 Å². The average Bonchev–Trinajstić information content (AvgIpc) is 2.68. The smallest absolute Gasteiger partial charge is 0.318 e. The third kappa shape index (κ3) is 4.87. The number of anilines is 1. The Morgan fingerprint density at radius 1 is 1.03 bits per heavy atom. The van der Waals surface area contributed by atoms with Gasteiger partial charge in [-0.25, -0.2) is 13.6 Å². The summed E-state index contributed by atoms with van der Waals surface area (Å²) in [5.41, 5.74) is 0.817. The number of likely N-dealkylation sites (N-methyl/N-ethyl adjacent to an activating group) is 1. The van der Waals surface area contributed by atoms with E-state index in [2.05, 4.69) is 10.6 Å². The molecule has 3 rings (SSSR count). The number of nitrogens with one attached hydrogen (secondary N) is 2. The Balaban J connectivity index is 1.60. The van der Waals surface area contributed by atoms with E-state index < -0.39 is 23.7 Å². The minimum Gasteiger partial charge on any atom is -0.331 e. The van der Waals surface area contributed by atoms with Gasteiger partial charge in [0.25, 0.3) is 0 Å². The van der Waals surface area contributed by atoms with E-state index in [4.69, 9.17) is 0 Å². The molecular weight excluding hydrogens is 376 g/mol. The maximum atomic E-state index is 13.9. The normalized spacial score (nSPS) is 11.7. The number of nitrogens with zero attached hydrogens (tertiary/aromatic N) is 1. The Morgan fingerprint density at radius 3 is 2.52 bits per heavy atom. The van der Waals surface area contributed by atoms with Gasteiger partial charge in [-0.3, -0.25) is 4.79 Å². The first-order valence-electron chi connectivity index (χ1n) is 9.09. The van der Waals surface area contributed by atoms with Crippen LogP contribution in [0.15, 0.2) is 60.7 Å². The van der Waals surface area contributed by atoms with Crippen LogP contribution in [0, 0.1) is 11.6 Å². The van der Waals surface area contributed by atoms with Crippen LogP contribution < -0.4 is 10.6 Å². The third-order valence-electron chi connectivity index (χ3n) is 4.56. The van der Waals surface area contributed by atoms with Crippen molar-refractivity contribution in [2.45, 2.75) is 13.0 Å². The first-order chi connectivity index (χ1) is 13.8. The van der Waals surface area contributed by atoms with Crippen molar-refractivity contribution in [2.75, 3.05) is 18.9 Å². The Kier molecular flexibility index (Phi) is 6.07. The van der Waals surface area contributed by atoms with E-state index in [0.29, 0.717) is 5.69 Å². The summed E-state index contributed by atoms with van der Waals surface area (Å²) < 4.78 is 26.9. The Morgan fingerprint density at radius 2 is 1.76 bits per heavy atom. The highest BCUT2D eigenvalue weighted by molar-refractivity contribution is 6.03. The maximum absolute atomic E-state index is 13.9. The van der Waals surface area contributed by atoms with Crippen molar-refractivity contribution in [2.24, 2.45) is 0 Å². The Hall–Kier alpha value is -3.48. The molecule has 1 atom stereocenters. The predicted molar refractivity (Wildman–Crippen MR) is 109 cm³/mol. The third-order valence-corrected chi connectivity index (χ3v) is 4.56. The minimum absolute atomic E-state index is 0.161. The van der Waals surface area contributed by atoms with Crippen molar-refractivity contribution in [1.82, 2.24) is 10.2 Å². The fourth-order valence-electron chi connectivity index (χ4n) is 3.04. The number of urea groups is 1. The van der Waals surface area contributed by atoms with Crippen LogP contribution in [0.4, 0.5) is 19.3 Å². The summed E-state index contributed by atoms with van der Waals surface area (Å²) in [4.78, 5) is 25.9. The van der Waals surface area contributed by atoms with Crippen LogP contribution >= 0.6 is 0 Å². The van der Waals surface area contributed by atoms with Crippen LogP contribution in [0.2, 0.25) is 0 Å². The van der Waals surface area contributed by atoms with Crippen LogP contribution in [-0.4, -0.2) is 30.4 Å². The molecule has 0 saturated heterocycles. The fourth-order valence-corrected chi connectivity index (χ4v) is 3.04. The molecule has 29 heavy (non-hydrogen) atoms. The molecule has 0 radical (unpaired) electrons. The molecule has 0 aliphatic carbocycles. The van der Waals surface area contributed by atoms with Crippen LogP contribution in [0.3, 0.4) is 0 Å². The van der Waals surface area contributed by atoms with E-state index in [0.717, 1.165) is 22.9 Å². The standard InChI is InChI=1S/C22H21F2N3O2/c1-14(17-11-10-16(23)12-19(17)24)25-22(29)27(2)13-21(28)26-20-9-5-7-15-6-3-4-8-18(15)20/h3-12,14H,13H2,1-2H3,(H,25,29)(H,26,28)/t14-/m0/s1. The monoisotopic (exact) mass is 397 g/mol. The van der Waals surface area contributed by atoms with Gasteiger partial charge in [-0.1, -0.05) is 42.5 Å². The van der Waals surface area contributed by atoms with Gasteiger partial charge in [-0.2, -0.15) is 0 Å². The van der Waals surface area contributed by atoms with Crippen LogP contribution in [-0.2, 0) is 4.79 Å². The molecule has 0 fully saturated rings. The number of hydrogen-bond donors (Lipinski definition) is 2. The van der Waals surface area contributed by atoms with Gasteiger partial charge < -0.3 is 15.5 Å². The lowest BCUT2D eigenvalue weighted by Crippen LogP contribution is -2.42. The van der Waals surface area contributed by atoms with E-state index in [1.165, 1.54) is 18.0 Å². The van der Waals surface area contributed by atoms with Crippen molar-refractivity contribution in [3.05, 3.63) is 77.9 Å². The molecule has 0 bridgehead atoms. The molecule has 0 aliphatic rings. The summed E-state index contributed by atoms with van der Waals surface area (Å²) in [7, 11) is 1.46. The number of carbonyl (C=O) groups is 2. The van der Waals surface area contributed by atoms with E-state index >= 15 is 0 Å². The van der Waals surface area contributed by atoms with E-state index in [-0.39, 0.29) is 18.0 Å². The molecular formula is C22H21F2N3O2. The number of benzene rings is 3. The summed E-state index contributed by atoms with van der Waals surface area (Å²) in [5, 5.41) is 7.30. The van der Waals surface area contributed by atoms with Gasteiger partial charge in [0, 0.05) is 29.8 Å². The van der Waals surface area contributed by atoms with E-state index in [1.54, 1.807) is 13.0 Å². The largest absolute Gasteiger partial charge is 0.331 e. The number of carbonyl (C=O) groups excluding carboxylic acids is 2. The molecule has 2 N–H and O–H groups in total. The molecule has 150 valence electrons. The average molecular weight is 397 g/mol. The summed E-state index contributed by atoms with van der Waals surface area (Å²) in [6.07, 6.45) is 0. The van der Waals surface area contributed by atoms with Gasteiger partial charge in [-0.05, 0) is 24.4 Å². The van der Waals surface area contributed by atoms with Gasteiger partial charge in [0.2, 0.25) is 5.91 Å². The second kappa shape index (κ2) is 8.68. The lowest BCUT2D eigenvalue weighted by atomic mass is 10.1. The predicted octanol–water partition coefficient (Wildman–Crippen LogP) is 4.46. The second-order valence-electron chi connectivity index (χ2n) is 6.77. The van der Waals surface area contributed by atoms with Crippen molar-refractivity contribution in [3.63, 3.8) is 0 Å². The zero-order chi connectivity index (χ0) is 21.0. The van der Waals surface area contributed by atoms with Crippen molar-refractivity contribution in [3.8, 4) is 0 Å². The number of rotatable bonds is 5. The number of amides is 3. The van der Waals surface area contributed by atoms with E-state index in [9.17, 15) is 18.4 Å². The summed E-state index contributed by atoms with van der Waals surface area (Å²) in [5.74, 6) is -1.79. The van der Waals surface area contributed by atoms with Crippen LogP contribution in [0.5, 0.6) is 0 Å². The number of halogens is 2. The van der Waals surface area contributed by atoms with Gasteiger partial charge >= 0.3 is 6.03 Å². The summed E-state index contributed by atoms with van der Waals surface area (Å²) in [6, 6.07) is 15.2. The minimum atomic E-state index is -0.742. The highest BCUT2D eigenvalue weighted by Crippen LogP contribution is 2.23. The van der Waals surface area contributed by atoms with Gasteiger partial charge in [0.05, 0.1) is 6.04 Å². The number of hydrogen-bond acceptors (Lipinski definition) is 2. The highest BCUT2D eigenvalue weighted by atomic mass is 19.1. The second-order valence-corrected chi connectivity index (χ2v) is 6.77. The van der Waals surface area contributed by atoms with Gasteiger partial charge in [-0.15, -0.1) is 0 Å². The highest BCUT2D eigenvalue weighted by Gasteiger charge is 2.18. The van der Waals surface area contributed by atoms with Crippen LogP contribution in [0.1, 0.15) is 18.5 Å². The molecule has 3 aromatic carbocycles. The molecule has 5 nitrogen and oxygen atoms in total. The molecule has 0 aromatic heterocycles. The Bertz CT molecular complexity index is 1050. The molecule has 0 spiro atoms. The summed E-state index contributed by atoms with van der Waals surface area (Å²) >= 11 is 0. The van der Waals surface area contributed by atoms with Crippen molar-refractivity contribution < 1.29 is 18.4 Å². The first-order valence-corrected chi connectivity index (χ1v) is 9.09. The summed E-state index contributed by atoms with van der Waals surface area (Å²) in [6.45, 7) is 1.39. The first kappa shape index (κ1) is 20.3. The molecule has 7 heteroatoms. The maximum Gasteiger partial charge on any atom is 0.318 e. The zero-order valence-corrected chi connectivity index (χ0v) is 16.1. The van der Waals surface area contributed by atoms with Crippen molar-refractivity contribution in [1.29, 1.82) is 0 Å². The lowest BCUT2D eigenvalue weighted by Gasteiger charge is -2.21.